The molecule has 46 heavy (non-hydrogen) atoms. The Morgan fingerprint density at radius 3 is 1.46 bits per heavy atom. The fourth-order valence-electron chi connectivity index (χ4n) is 6.44. The number of halogens is 2. The molecular weight excluding hydrogens is 623 g/mol. The number of carbonyl (C=O) groups excluding carboxylic acids is 2. The van der Waals surface area contributed by atoms with Gasteiger partial charge in [0.15, 0.2) is 0 Å². The van der Waals surface area contributed by atoms with Crippen molar-refractivity contribution in [2.45, 2.75) is 37.8 Å². The fourth-order valence-corrected chi connectivity index (χ4v) is 6.80. The lowest BCUT2D eigenvalue weighted by Crippen LogP contribution is -2.36. The number of benzene rings is 2. The molecule has 2 aliphatic rings. The number of nitrogens with zero attached hydrogens (tertiary/aromatic N) is 4. The Morgan fingerprint density at radius 1 is 0.739 bits per heavy atom. The summed E-state index contributed by atoms with van der Waals surface area (Å²) in [5.74, 6) is 0.583. The molecule has 12 heteroatoms. The molecule has 10 nitrogen and oxygen atoms in total. The highest BCUT2D eigenvalue weighted by Crippen LogP contribution is 2.52. The first-order chi connectivity index (χ1) is 22.0. The van der Waals surface area contributed by atoms with Crippen LogP contribution in [-0.2, 0) is 25.2 Å². The molecule has 0 unspecified atom stereocenters. The van der Waals surface area contributed by atoms with E-state index in [2.05, 4.69) is 44.6 Å². The van der Waals surface area contributed by atoms with Crippen molar-refractivity contribution in [3.05, 3.63) is 106 Å². The van der Waals surface area contributed by atoms with E-state index >= 15 is 0 Å². The van der Waals surface area contributed by atoms with Gasteiger partial charge in [-0.3, -0.25) is 19.0 Å². The lowest BCUT2D eigenvalue weighted by atomic mass is 10.1. The zero-order valence-corrected chi connectivity index (χ0v) is 27.4. The Balaban J connectivity index is 0.000000147. The van der Waals surface area contributed by atoms with E-state index < -0.39 is 0 Å². The van der Waals surface area contributed by atoms with Gasteiger partial charge in [0.1, 0.15) is 11.4 Å². The van der Waals surface area contributed by atoms with Gasteiger partial charge < -0.3 is 20.6 Å². The number of aryl methyl sites for hydroxylation is 2. The molecule has 2 saturated carbocycles. The van der Waals surface area contributed by atoms with Gasteiger partial charge in [0.05, 0.1) is 23.5 Å². The molecule has 2 aliphatic carbocycles. The van der Waals surface area contributed by atoms with E-state index in [0.29, 0.717) is 33.3 Å². The number of hydrogen-bond donors (Lipinski definition) is 4. The van der Waals surface area contributed by atoms with Crippen molar-refractivity contribution < 1.29 is 9.59 Å². The first-order valence-corrected chi connectivity index (χ1v) is 15.9. The van der Waals surface area contributed by atoms with Crippen molar-refractivity contribution in [2.75, 3.05) is 0 Å². The molecule has 8 rings (SSSR count). The summed E-state index contributed by atoms with van der Waals surface area (Å²) in [6, 6.07) is 14.7. The number of hydrogen-bond acceptors (Lipinski definition) is 4. The zero-order valence-electron chi connectivity index (χ0n) is 25.9. The monoisotopic (exact) mass is 656 g/mol. The SMILES string of the molecule is C[C@@H]1C[C@]1(NC(=O)c1cc2cc(Cl)ccc2[nH]1)c1cnn(C)c1.C[C@H]1C[C@@]1(NC(=O)c1cc2cc(Cl)ccc2[nH]1)c1cnn(C)c1. The van der Waals surface area contributed by atoms with Crippen molar-refractivity contribution in [1.82, 2.24) is 40.2 Å². The summed E-state index contributed by atoms with van der Waals surface area (Å²) in [7, 11) is 3.76. The predicted octanol–water partition coefficient (Wildman–Crippen LogP) is 6.44. The van der Waals surface area contributed by atoms with Gasteiger partial charge >= 0.3 is 0 Å². The molecule has 4 aromatic heterocycles. The predicted molar refractivity (Wildman–Crippen MR) is 179 cm³/mol. The molecular formula is C34H34Cl2N8O2. The van der Waals surface area contributed by atoms with Crippen LogP contribution in [0.2, 0.25) is 10.0 Å². The third-order valence-corrected chi connectivity index (χ3v) is 9.86. The van der Waals surface area contributed by atoms with Crippen molar-refractivity contribution in [1.29, 1.82) is 0 Å². The van der Waals surface area contributed by atoms with Crippen molar-refractivity contribution in [3.63, 3.8) is 0 Å². The molecule has 2 fully saturated rings. The molecule has 0 aliphatic heterocycles. The van der Waals surface area contributed by atoms with Crippen LogP contribution >= 0.6 is 23.2 Å². The number of nitrogens with one attached hydrogen (secondary N) is 4. The number of H-pyrrole nitrogens is 2. The highest BCUT2D eigenvalue weighted by molar-refractivity contribution is 6.31. The maximum absolute atomic E-state index is 12.7. The number of aromatic nitrogens is 6. The van der Waals surface area contributed by atoms with Crippen molar-refractivity contribution >= 4 is 56.8 Å². The van der Waals surface area contributed by atoms with Gasteiger partial charge in [0.25, 0.3) is 11.8 Å². The first-order valence-electron chi connectivity index (χ1n) is 15.2. The van der Waals surface area contributed by atoms with Crippen LogP contribution in [0.5, 0.6) is 0 Å². The van der Waals surface area contributed by atoms with Gasteiger partial charge in [0, 0.05) is 69.5 Å². The average molecular weight is 658 g/mol. The molecule has 4 N–H and O–H groups in total. The second-order valence-corrected chi connectivity index (χ2v) is 13.6. The molecule has 2 amide bonds. The number of fused-ring (bicyclic) bond motifs is 2. The van der Waals surface area contributed by atoms with Gasteiger partial charge in [-0.15, -0.1) is 0 Å². The maximum Gasteiger partial charge on any atom is 0.268 e. The highest BCUT2D eigenvalue weighted by atomic mass is 35.5. The van der Waals surface area contributed by atoms with Gasteiger partial charge in [-0.05, 0) is 73.2 Å². The molecule has 0 bridgehead atoms. The summed E-state index contributed by atoms with van der Waals surface area (Å²) in [6.07, 6.45) is 9.44. The molecule has 0 radical (unpaired) electrons. The largest absolute Gasteiger partial charge is 0.351 e. The van der Waals surface area contributed by atoms with E-state index in [1.807, 2.05) is 87.4 Å². The van der Waals surface area contributed by atoms with Crippen LogP contribution in [0.25, 0.3) is 21.8 Å². The second kappa shape index (κ2) is 11.1. The zero-order chi connectivity index (χ0) is 32.4. The Labute approximate surface area is 275 Å². The number of amides is 2. The first kappa shape index (κ1) is 30.1. The Morgan fingerprint density at radius 2 is 1.13 bits per heavy atom. The van der Waals surface area contributed by atoms with Gasteiger partial charge in [-0.25, -0.2) is 0 Å². The molecule has 236 valence electrons. The van der Waals surface area contributed by atoms with E-state index in [-0.39, 0.29) is 22.9 Å². The minimum atomic E-state index is -0.305. The third kappa shape index (κ3) is 5.45. The molecule has 6 aromatic rings. The van der Waals surface area contributed by atoms with E-state index in [4.69, 9.17) is 23.2 Å². The summed E-state index contributed by atoms with van der Waals surface area (Å²) < 4.78 is 3.53. The standard InChI is InChI=1S/2C17H17ClN4O/c2*1-10-7-17(10,12-8-19-22(2)9-12)21-16(23)15-6-11-5-13(18)3-4-14(11)20-15/h2*3-6,8-10,20H,7H2,1-2H3,(H,21,23)/t2*10-,17-/m10/s1. The van der Waals surface area contributed by atoms with E-state index in [0.717, 1.165) is 45.8 Å². The quantitative estimate of drug-likeness (QED) is 0.165. The van der Waals surface area contributed by atoms with Crippen LogP contribution in [0.3, 0.4) is 0 Å². The Hall–Kier alpha value is -4.54. The second-order valence-electron chi connectivity index (χ2n) is 12.7. The summed E-state index contributed by atoms with van der Waals surface area (Å²) in [4.78, 5) is 31.7. The minimum Gasteiger partial charge on any atom is -0.351 e. The summed E-state index contributed by atoms with van der Waals surface area (Å²) in [5.41, 5.74) is 4.40. The highest BCUT2D eigenvalue weighted by Gasteiger charge is 2.55. The minimum absolute atomic E-state index is 0.106. The number of rotatable bonds is 6. The Kier molecular flexibility index (Phi) is 7.25. The molecule has 4 atom stereocenters. The summed E-state index contributed by atoms with van der Waals surface area (Å²) >= 11 is 12.0. The molecule has 2 aromatic carbocycles. The van der Waals surface area contributed by atoms with Crippen molar-refractivity contribution in [2.24, 2.45) is 25.9 Å². The van der Waals surface area contributed by atoms with E-state index in [9.17, 15) is 9.59 Å². The van der Waals surface area contributed by atoms with Crippen LogP contribution in [0.4, 0.5) is 0 Å². The fraction of sp³-hybridized carbons (Fsp3) is 0.294. The van der Waals surface area contributed by atoms with Crippen molar-refractivity contribution in [3.8, 4) is 0 Å². The van der Waals surface area contributed by atoms with Crippen LogP contribution < -0.4 is 10.6 Å². The van der Waals surface area contributed by atoms with Crippen LogP contribution in [0.15, 0.2) is 73.3 Å². The lowest BCUT2D eigenvalue weighted by molar-refractivity contribution is 0.0914. The molecule has 0 saturated heterocycles. The van der Waals surface area contributed by atoms with Crippen LogP contribution in [0, 0.1) is 11.8 Å². The summed E-state index contributed by atoms with van der Waals surface area (Å²) in [5, 5.41) is 18.0. The topological polar surface area (TPSA) is 125 Å². The van der Waals surface area contributed by atoms with Gasteiger partial charge in [-0.1, -0.05) is 37.0 Å². The third-order valence-electron chi connectivity index (χ3n) is 9.39. The number of aromatic amines is 2. The lowest BCUT2D eigenvalue weighted by Gasteiger charge is -2.16. The smallest absolute Gasteiger partial charge is 0.268 e. The van der Waals surface area contributed by atoms with Crippen LogP contribution in [-0.4, -0.2) is 41.3 Å². The van der Waals surface area contributed by atoms with E-state index in [1.165, 1.54) is 0 Å². The number of carbonyl (C=O) groups is 2. The maximum atomic E-state index is 12.7. The Bertz CT molecular complexity index is 1970. The normalized spacial score (nSPS) is 23.2. The van der Waals surface area contributed by atoms with Gasteiger partial charge in [0.2, 0.25) is 0 Å². The average Bonchev–Trinajstić information content (AvgIpc) is 3.49. The van der Waals surface area contributed by atoms with Crippen LogP contribution in [0.1, 0.15) is 58.8 Å². The molecule has 4 heterocycles. The molecule has 0 spiro atoms. The van der Waals surface area contributed by atoms with E-state index in [1.54, 1.807) is 9.36 Å². The van der Waals surface area contributed by atoms with Gasteiger partial charge in [-0.2, -0.15) is 10.2 Å². The summed E-state index contributed by atoms with van der Waals surface area (Å²) in [6.45, 7) is 4.27.